The number of urea groups is 1. The van der Waals surface area contributed by atoms with Crippen molar-refractivity contribution in [1.82, 2.24) is 10.2 Å². The van der Waals surface area contributed by atoms with Gasteiger partial charge in [-0.15, -0.1) is 0 Å². The van der Waals surface area contributed by atoms with E-state index in [1.54, 1.807) is 4.90 Å². The van der Waals surface area contributed by atoms with E-state index < -0.39 is 5.91 Å². The van der Waals surface area contributed by atoms with Gasteiger partial charge in [-0.25, -0.2) is 4.79 Å². The van der Waals surface area contributed by atoms with Gasteiger partial charge in [-0.1, -0.05) is 24.3 Å². The highest BCUT2D eigenvalue weighted by atomic mass is 16.3. The number of anilines is 1. The molecule has 3 rings (SSSR count). The number of piperidine rings is 1. The maximum Gasteiger partial charge on any atom is 0.321 e. The van der Waals surface area contributed by atoms with Gasteiger partial charge < -0.3 is 25.7 Å². The van der Waals surface area contributed by atoms with Crippen LogP contribution in [0.3, 0.4) is 0 Å². The molecule has 0 bridgehead atoms. The number of nitrogens with zero attached hydrogens (tertiary/aromatic N) is 1. The molecule has 1 heterocycles. The van der Waals surface area contributed by atoms with E-state index in [2.05, 4.69) is 10.6 Å². The summed E-state index contributed by atoms with van der Waals surface area (Å²) in [5, 5.41) is 25.2. The van der Waals surface area contributed by atoms with Crippen molar-refractivity contribution in [2.75, 3.05) is 18.4 Å². The van der Waals surface area contributed by atoms with Crippen LogP contribution in [0.4, 0.5) is 10.5 Å². The molecule has 136 valence electrons. The van der Waals surface area contributed by atoms with Crippen molar-refractivity contribution in [3.63, 3.8) is 0 Å². The van der Waals surface area contributed by atoms with Gasteiger partial charge in [0, 0.05) is 24.8 Å². The fourth-order valence-corrected chi connectivity index (χ4v) is 2.97. The third-order valence-electron chi connectivity index (χ3n) is 4.39. The molecule has 0 atom stereocenters. The number of phenols is 2. The predicted molar refractivity (Wildman–Crippen MR) is 97.3 cm³/mol. The molecule has 0 saturated carbocycles. The third kappa shape index (κ3) is 4.05. The summed E-state index contributed by atoms with van der Waals surface area (Å²) in [7, 11) is 0. The van der Waals surface area contributed by atoms with E-state index in [-0.39, 0.29) is 29.1 Å². The van der Waals surface area contributed by atoms with Gasteiger partial charge in [-0.05, 0) is 37.1 Å². The summed E-state index contributed by atoms with van der Waals surface area (Å²) >= 11 is 0. The van der Waals surface area contributed by atoms with Crippen molar-refractivity contribution in [3.8, 4) is 11.5 Å². The van der Waals surface area contributed by atoms with Crippen LogP contribution in [-0.4, -0.2) is 46.2 Å². The summed E-state index contributed by atoms with van der Waals surface area (Å²) in [6.07, 6.45) is 1.20. The Labute approximate surface area is 151 Å². The minimum atomic E-state index is -0.521. The molecule has 0 aromatic heterocycles. The molecule has 7 heteroatoms. The molecule has 1 aliphatic heterocycles. The van der Waals surface area contributed by atoms with Crippen LogP contribution in [0.1, 0.15) is 23.2 Å². The second-order valence-electron chi connectivity index (χ2n) is 6.20. The van der Waals surface area contributed by atoms with Crippen LogP contribution in [0.2, 0.25) is 0 Å². The van der Waals surface area contributed by atoms with Crippen LogP contribution in [0, 0.1) is 0 Å². The first kappa shape index (κ1) is 17.6. The molecule has 1 fully saturated rings. The van der Waals surface area contributed by atoms with Crippen LogP contribution in [0.25, 0.3) is 0 Å². The number of benzene rings is 2. The van der Waals surface area contributed by atoms with Gasteiger partial charge in [0.1, 0.15) is 17.1 Å². The van der Waals surface area contributed by atoms with Crippen LogP contribution >= 0.6 is 0 Å². The first-order chi connectivity index (χ1) is 12.5. The number of para-hydroxylation sites is 1. The fraction of sp³-hybridized carbons (Fsp3) is 0.263. The lowest BCUT2D eigenvalue weighted by atomic mass is 10.0. The Morgan fingerprint density at radius 2 is 1.54 bits per heavy atom. The van der Waals surface area contributed by atoms with Crippen molar-refractivity contribution in [2.24, 2.45) is 0 Å². The van der Waals surface area contributed by atoms with E-state index in [0.717, 1.165) is 5.69 Å². The van der Waals surface area contributed by atoms with Crippen molar-refractivity contribution in [3.05, 3.63) is 54.1 Å². The van der Waals surface area contributed by atoms with Gasteiger partial charge in [0.2, 0.25) is 0 Å². The maximum absolute atomic E-state index is 12.3. The standard InChI is InChI=1S/C19H21N3O4/c23-15-7-4-8-16(24)17(15)18(25)20-14-9-11-22(12-10-14)19(26)21-13-5-2-1-3-6-13/h1-8,14,23-24H,9-12H2,(H,20,25)(H,21,26). The molecular weight excluding hydrogens is 334 g/mol. The molecule has 2 aromatic rings. The zero-order valence-electron chi connectivity index (χ0n) is 14.2. The lowest BCUT2D eigenvalue weighted by Gasteiger charge is -2.32. The first-order valence-electron chi connectivity index (χ1n) is 8.47. The quantitative estimate of drug-likeness (QED) is 0.679. The summed E-state index contributed by atoms with van der Waals surface area (Å²) in [6, 6.07) is 13.1. The molecule has 3 amide bonds. The van der Waals surface area contributed by atoms with Crippen LogP contribution in [0.5, 0.6) is 11.5 Å². The highest BCUT2D eigenvalue weighted by Gasteiger charge is 2.25. The number of aromatic hydroxyl groups is 2. The van der Waals surface area contributed by atoms with Gasteiger partial charge in [0.05, 0.1) is 0 Å². The van der Waals surface area contributed by atoms with Crippen molar-refractivity contribution >= 4 is 17.6 Å². The number of rotatable bonds is 3. The minimum absolute atomic E-state index is 0.123. The Bertz CT molecular complexity index is 766. The molecule has 1 aliphatic rings. The van der Waals surface area contributed by atoms with Gasteiger partial charge >= 0.3 is 6.03 Å². The molecule has 26 heavy (non-hydrogen) atoms. The zero-order valence-corrected chi connectivity index (χ0v) is 14.2. The lowest BCUT2D eigenvalue weighted by molar-refractivity contribution is 0.0914. The highest BCUT2D eigenvalue weighted by molar-refractivity contribution is 5.99. The molecule has 7 nitrogen and oxygen atoms in total. The topological polar surface area (TPSA) is 102 Å². The number of nitrogens with one attached hydrogen (secondary N) is 2. The lowest BCUT2D eigenvalue weighted by Crippen LogP contribution is -2.47. The van der Waals surface area contributed by atoms with E-state index in [4.69, 9.17) is 0 Å². The minimum Gasteiger partial charge on any atom is -0.507 e. The predicted octanol–water partition coefficient (Wildman–Crippen LogP) is 2.52. The van der Waals surface area contributed by atoms with Gasteiger partial charge in [-0.3, -0.25) is 4.79 Å². The van der Waals surface area contributed by atoms with E-state index in [9.17, 15) is 19.8 Å². The molecule has 4 N–H and O–H groups in total. The Morgan fingerprint density at radius 1 is 0.923 bits per heavy atom. The van der Waals surface area contributed by atoms with E-state index >= 15 is 0 Å². The molecular formula is C19H21N3O4. The van der Waals surface area contributed by atoms with Gasteiger partial charge in [0.25, 0.3) is 5.91 Å². The second kappa shape index (κ2) is 7.77. The Kier molecular flexibility index (Phi) is 5.26. The van der Waals surface area contributed by atoms with E-state index in [1.165, 1.54) is 18.2 Å². The third-order valence-corrected chi connectivity index (χ3v) is 4.39. The first-order valence-corrected chi connectivity index (χ1v) is 8.47. The molecule has 0 unspecified atom stereocenters. The van der Waals surface area contributed by atoms with E-state index in [0.29, 0.717) is 25.9 Å². The number of hydrogen-bond acceptors (Lipinski definition) is 4. The monoisotopic (exact) mass is 355 g/mol. The molecule has 0 radical (unpaired) electrons. The Hall–Kier alpha value is -3.22. The number of amides is 3. The van der Waals surface area contributed by atoms with Crippen molar-refractivity contribution in [2.45, 2.75) is 18.9 Å². The number of carbonyl (C=O) groups is 2. The SMILES string of the molecule is O=C(NC1CCN(C(=O)Nc2ccccc2)CC1)c1c(O)cccc1O. The number of likely N-dealkylation sites (tertiary alicyclic amines) is 1. The second-order valence-corrected chi connectivity index (χ2v) is 6.20. The van der Waals surface area contributed by atoms with Crippen LogP contribution in [-0.2, 0) is 0 Å². The maximum atomic E-state index is 12.3. The molecule has 2 aromatic carbocycles. The normalized spacial score (nSPS) is 14.7. The largest absolute Gasteiger partial charge is 0.507 e. The smallest absolute Gasteiger partial charge is 0.321 e. The summed E-state index contributed by atoms with van der Waals surface area (Å²) in [6.45, 7) is 1.02. The van der Waals surface area contributed by atoms with Crippen molar-refractivity contribution in [1.29, 1.82) is 0 Å². The summed E-state index contributed by atoms with van der Waals surface area (Å²) in [5.74, 6) is -1.04. The summed E-state index contributed by atoms with van der Waals surface area (Å²) < 4.78 is 0. The fourth-order valence-electron chi connectivity index (χ4n) is 2.97. The number of carbonyl (C=O) groups excluding carboxylic acids is 2. The average molecular weight is 355 g/mol. The van der Waals surface area contributed by atoms with Gasteiger partial charge in [-0.2, -0.15) is 0 Å². The molecule has 0 aliphatic carbocycles. The average Bonchev–Trinajstić information content (AvgIpc) is 2.63. The van der Waals surface area contributed by atoms with Crippen LogP contribution in [0.15, 0.2) is 48.5 Å². The van der Waals surface area contributed by atoms with Crippen LogP contribution < -0.4 is 10.6 Å². The number of hydrogen-bond donors (Lipinski definition) is 4. The van der Waals surface area contributed by atoms with E-state index in [1.807, 2.05) is 30.3 Å². The Morgan fingerprint density at radius 3 is 2.15 bits per heavy atom. The molecule has 0 spiro atoms. The summed E-state index contributed by atoms with van der Waals surface area (Å²) in [4.78, 5) is 26.3. The highest BCUT2D eigenvalue weighted by Crippen LogP contribution is 2.26. The van der Waals surface area contributed by atoms with Gasteiger partial charge in [0.15, 0.2) is 0 Å². The van der Waals surface area contributed by atoms with Crippen molar-refractivity contribution < 1.29 is 19.8 Å². The summed E-state index contributed by atoms with van der Waals surface area (Å²) in [5.41, 5.74) is 0.611. The number of phenolic OH excluding ortho intramolecular Hbond substituents is 2. The Balaban J connectivity index is 1.52. The zero-order chi connectivity index (χ0) is 18.5. The molecule has 1 saturated heterocycles.